The van der Waals surface area contributed by atoms with Gasteiger partial charge in [-0.25, -0.2) is 4.98 Å². The summed E-state index contributed by atoms with van der Waals surface area (Å²) in [6.07, 6.45) is 0. The summed E-state index contributed by atoms with van der Waals surface area (Å²) in [6, 6.07) is 26.3. The van der Waals surface area contributed by atoms with Gasteiger partial charge in [0.1, 0.15) is 17.5 Å². The van der Waals surface area contributed by atoms with Crippen molar-refractivity contribution in [3.05, 3.63) is 99.5 Å². The van der Waals surface area contributed by atoms with Crippen LogP contribution in [0, 0.1) is 11.3 Å². The van der Waals surface area contributed by atoms with Crippen LogP contribution in [0.5, 0.6) is 0 Å². The monoisotopic (exact) mass is 449 g/mol. The molecule has 0 fully saturated rings. The lowest BCUT2D eigenvalue weighted by atomic mass is 9.98. The van der Waals surface area contributed by atoms with E-state index in [2.05, 4.69) is 11.4 Å². The lowest BCUT2D eigenvalue weighted by molar-refractivity contribution is 1.28. The Kier molecular flexibility index (Phi) is 5.92. The quantitative estimate of drug-likeness (QED) is 0.343. The lowest BCUT2D eigenvalue weighted by Crippen LogP contribution is -2.01. The van der Waals surface area contributed by atoms with E-state index < -0.39 is 0 Å². The number of nitrogens with zero attached hydrogens (tertiary/aromatic N) is 2. The Bertz CT molecular complexity index is 1250. The molecule has 3 aromatic carbocycles. The Balaban J connectivity index is 1.95. The molecule has 146 valence electrons. The van der Waals surface area contributed by atoms with Crippen molar-refractivity contribution in [2.24, 2.45) is 0 Å². The Morgan fingerprint density at radius 3 is 2.13 bits per heavy atom. The molecule has 0 saturated heterocycles. The summed E-state index contributed by atoms with van der Waals surface area (Å²) in [5.74, 6) is 0.442. The molecule has 0 saturated carbocycles. The van der Waals surface area contributed by atoms with E-state index in [1.807, 2.05) is 54.6 Å². The Morgan fingerprint density at radius 1 is 0.767 bits per heavy atom. The zero-order chi connectivity index (χ0) is 21.1. The number of hydrogen-bond donors (Lipinski definition) is 1. The highest BCUT2D eigenvalue weighted by molar-refractivity contribution is 6.36. The summed E-state index contributed by atoms with van der Waals surface area (Å²) in [5.41, 5.74) is 4.17. The molecule has 1 heterocycles. The third-order valence-electron chi connectivity index (χ3n) is 4.53. The summed E-state index contributed by atoms with van der Waals surface area (Å²) in [7, 11) is 0. The zero-order valence-corrected chi connectivity index (χ0v) is 17.8. The highest BCUT2D eigenvalue weighted by Gasteiger charge is 2.17. The predicted octanol–water partition coefficient (Wildman–Crippen LogP) is 7.99. The van der Waals surface area contributed by atoms with Crippen LogP contribution in [0.3, 0.4) is 0 Å². The number of aromatic nitrogens is 1. The predicted molar refractivity (Wildman–Crippen MR) is 125 cm³/mol. The van der Waals surface area contributed by atoms with E-state index in [9.17, 15) is 5.26 Å². The number of hydrogen-bond acceptors (Lipinski definition) is 3. The van der Waals surface area contributed by atoms with Crippen molar-refractivity contribution < 1.29 is 0 Å². The number of anilines is 2. The van der Waals surface area contributed by atoms with Crippen LogP contribution < -0.4 is 5.32 Å². The molecule has 1 aromatic heterocycles. The summed E-state index contributed by atoms with van der Waals surface area (Å²) >= 11 is 18.6. The molecule has 3 nitrogen and oxygen atoms in total. The van der Waals surface area contributed by atoms with Gasteiger partial charge in [-0.05, 0) is 54.1 Å². The average molecular weight is 451 g/mol. The van der Waals surface area contributed by atoms with Gasteiger partial charge in [-0.1, -0.05) is 65.1 Å². The molecule has 0 atom stereocenters. The topological polar surface area (TPSA) is 48.7 Å². The molecular weight excluding hydrogens is 437 g/mol. The number of nitriles is 1. The maximum atomic E-state index is 9.95. The first kappa shape index (κ1) is 20.3. The fourth-order valence-electron chi connectivity index (χ4n) is 3.10. The number of benzene rings is 3. The molecule has 4 rings (SSSR count). The SMILES string of the molecule is N#Cc1c(-c2ccc(Cl)cc2)cc(-c2ccc(Cl)cc2Cl)nc1Nc1ccccc1. The molecule has 30 heavy (non-hydrogen) atoms. The Morgan fingerprint density at radius 2 is 1.47 bits per heavy atom. The second-order valence-corrected chi connectivity index (χ2v) is 7.79. The van der Waals surface area contributed by atoms with E-state index in [0.717, 1.165) is 22.4 Å². The van der Waals surface area contributed by atoms with Gasteiger partial charge in [-0.2, -0.15) is 5.26 Å². The molecule has 0 amide bonds. The maximum absolute atomic E-state index is 9.95. The van der Waals surface area contributed by atoms with Gasteiger partial charge < -0.3 is 5.32 Å². The van der Waals surface area contributed by atoms with E-state index in [0.29, 0.717) is 32.1 Å². The largest absolute Gasteiger partial charge is 0.339 e. The second kappa shape index (κ2) is 8.77. The molecule has 0 aliphatic heterocycles. The van der Waals surface area contributed by atoms with Gasteiger partial charge in [-0.15, -0.1) is 0 Å². The van der Waals surface area contributed by atoms with Crippen molar-refractivity contribution in [1.29, 1.82) is 5.26 Å². The fourth-order valence-corrected chi connectivity index (χ4v) is 3.73. The van der Waals surface area contributed by atoms with Crippen molar-refractivity contribution in [3.63, 3.8) is 0 Å². The van der Waals surface area contributed by atoms with Gasteiger partial charge in [0, 0.05) is 26.9 Å². The molecule has 4 aromatic rings. The third kappa shape index (κ3) is 4.27. The minimum absolute atomic E-state index is 0.426. The van der Waals surface area contributed by atoms with Crippen molar-refractivity contribution >= 4 is 46.3 Å². The van der Waals surface area contributed by atoms with E-state index in [1.165, 1.54) is 0 Å². The van der Waals surface area contributed by atoms with Crippen LogP contribution in [0.4, 0.5) is 11.5 Å². The molecule has 0 aliphatic carbocycles. The van der Waals surface area contributed by atoms with Crippen molar-refractivity contribution in [1.82, 2.24) is 4.98 Å². The number of pyridine rings is 1. The van der Waals surface area contributed by atoms with Crippen LogP contribution in [-0.2, 0) is 0 Å². The molecule has 0 unspecified atom stereocenters. The number of rotatable bonds is 4. The van der Waals surface area contributed by atoms with Crippen LogP contribution >= 0.6 is 34.8 Å². The molecule has 6 heteroatoms. The third-order valence-corrected chi connectivity index (χ3v) is 5.33. The van der Waals surface area contributed by atoms with Crippen LogP contribution in [0.1, 0.15) is 5.56 Å². The molecule has 0 radical (unpaired) electrons. The molecular formula is C24H14Cl3N3. The summed E-state index contributed by atoms with van der Waals surface area (Å²) < 4.78 is 0. The number of nitrogens with one attached hydrogen (secondary N) is 1. The molecule has 0 bridgehead atoms. The summed E-state index contributed by atoms with van der Waals surface area (Å²) in [4.78, 5) is 4.72. The van der Waals surface area contributed by atoms with Gasteiger partial charge in [0.15, 0.2) is 0 Å². The lowest BCUT2D eigenvalue weighted by Gasteiger charge is -2.15. The zero-order valence-electron chi connectivity index (χ0n) is 15.5. The Labute approximate surface area is 189 Å². The number of para-hydroxylation sites is 1. The fraction of sp³-hybridized carbons (Fsp3) is 0. The Hall–Kier alpha value is -3.03. The van der Waals surface area contributed by atoms with Gasteiger partial charge in [0.25, 0.3) is 0 Å². The minimum atomic E-state index is 0.426. The van der Waals surface area contributed by atoms with Crippen molar-refractivity contribution in [3.8, 4) is 28.5 Å². The standard InChI is InChI=1S/C24H14Cl3N3/c25-16-8-6-15(7-9-16)20-13-23(19-11-10-17(26)12-22(19)27)30-24(21(20)14-28)29-18-4-2-1-3-5-18/h1-13H,(H,29,30). The first-order valence-corrected chi connectivity index (χ1v) is 10.2. The van der Waals surface area contributed by atoms with Crippen molar-refractivity contribution in [2.75, 3.05) is 5.32 Å². The van der Waals surface area contributed by atoms with Crippen LogP contribution in [-0.4, -0.2) is 4.98 Å². The van der Waals surface area contributed by atoms with E-state index >= 15 is 0 Å². The molecule has 0 spiro atoms. The van der Waals surface area contributed by atoms with Crippen LogP contribution in [0.25, 0.3) is 22.4 Å². The average Bonchev–Trinajstić information content (AvgIpc) is 2.74. The summed E-state index contributed by atoms with van der Waals surface area (Å²) in [5, 5.41) is 14.8. The minimum Gasteiger partial charge on any atom is -0.339 e. The highest BCUT2D eigenvalue weighted by atomic mass is 35.5. The van der Waals surface area contributed by atoms with Gasteiger partial charge in [0.2, 0.25) is 0 Å². The van der Waals surface area contributed by atoms with Gasteiger partial charge in [-0.3, -0.25) is 0 Å². The van der Waals surface area contributed by atoms with E-state index in [4.69, 9.17) is 39.8 Å². The molecule has 1 N–H and O–H groups in total. The molecule has 0 aliphatic rings. The summed E-state index contributed by atoms with van der Waals surface area (Å²) in [6.45, 7) is 0. The highest BCUT2D eigenvalue weighted by Crippen LogP contribution is 2.36. The van der Waals surface area contributed by atoms with Crippen LogP contribution in [0.15, 0.2) is 78.9 Å². The number of halogens is 3. The maximum Gasteiger partial charge on any atom is 0.149 e. The first-order chi connectivity index (χ1) is 14.5. The van der Waals surface area contributed by atoms with E-state index in [1.54, 1.807) is 24.3 Å². The smallest absolute Gasteiger partial charge is 0.149 e. The second-order valence-electron chi connectivity index (χ2n) is 6.51. The van der Waals surface area contributed by atoms with Gasteiger partial charge >= 0.3 is 0 Å². The van der Waals surface area contributed by atoms with Gasteiger partial charge in [0.05, 0.1) is 10.7 Å². The normalized spacial score (nSPS) is 10.5. The van der Waals surface area contributed by atoms with Crippen LogP contribution in [0.2, 0.25) is 15.1 Å². The van der Waals surface area contributed by atoms with Crippen molar-refractivity contribution in [2.45, 2.75) is 0 Å². The first-order valence-electron chi connectivity index (χ1n) is 9.04. The van der Waals surface area contributed by atoms with E-state index in [-0.39, 0.29) is 0 Å².